The van der Waals surface area contributed by atoms with Gasteiger partial charge in [0.05, 0.1) is 12.2 Å². The molecule has 1 unspecified atom stereocenters. The minimum atomic E-state index is -0.0519. The molecule has 1 aromatic rings. The van der Waals surface area contributed by atoms with Crippen LogP contribution >= 0.6 is 0 Å². The van der Waals surface area contributed by atoms with E-state index in [1.54, 1.807) is 13.2 Å². The maximum Gasteiger partial charge on any atom is 0.137 e. The van der Waals surface area contributed by atoms with Gasteiger partial charge in [-0.15, -0.1) is 0 Å². The Labute approximate surface area is 90.2 Å². The number of hydrogen-bond donors (Lipinski definition) is 0. The summed E-state index contributed by atoms with van der Waals surface area (Å²) in [5, 5.41) is 8.89. The first kappa shape index (κ1) is 11.5. The smallest absolute Gasteiger partial charge is 0.137 e. The molecule has 0 bridgehead atoms. The molecule has 0 amide bonds. The largest absolute Gasteiger partial charge is 0.487 e. The molecule has 1 atom stereocenters. The number of benzene rings is 1. The summed E-state index contributed by atoms with van der Waals surface area (Å²) in [5.74, 6) is 0.627. The van der Waals surface area contributed by atoms with Crippen LogP contribution in [0.1, 0.15) is 18.1 Å². The van der Waals surface area contributed by atoms with Crippen molar-refractivity contribution in [3.8, 4) is 11.8 Å². The molecule has 0 aliphatic carbocycles. The molecule has 3 nitrogen and oxygen atoms in total. The molecule has 0 fully saturated rings. The average Bonchev–Trinajstić information content (AvgIpc) is 2.18. The van der Waals surface area contributed by atoms with Gasteiger partial charge in [-0.1, -0.05) is 6.07 Å². The predicted octanol–water partition coefficient (Wildman–Crippen LogP) is 2.28. The summed E-state index contributed by atoms with van der Waals surface area (Å²) in [6.45, 7) is 4.39. The number of methoxy groups -OCH3 is 1. The number of ether oxygens (including phenoxy) is 2. The third kappa shape index (κ3) is 3.26. The summed E-state index contributed by atoms with van der Waals surface area (Å²) in [5.41, 5.74) is 1.64. The van der Waals surface area contributed by atoms with Crippen LogP contribution < -0.4 is 4.74 Å². The lowest BCUT2D eigenvalue weighted by Crippen LogP contribution is -2.18. The topological polar surface area (TPSA) is 42.2 Å². The highest BCUT2D eigenvalue weighted by atomic mass is 16.5. The van der Waals surface area contributed by atoms with E-state index in [1.807, 2.05) is 26.0 Å². The van der Waals surface area contributed by atoms with Crippen molar-refractivity contribution in [2.75, 3.05) is 13.7 Å². The van der Waals surface area contributed by atoms with Gasteiger partial charge >= 0.3 is 0 Å². The van der Waals surface area contributed by atoms with Crippen LogP contribution in [0.3, 0.4) is 0 Å². The molecule has 15 heavy (non-hydrogen) atoms. The molecule has 3 heteroatoms. The Bertz CT molecular complexity index is 368. The first-order chi connectivity index (χ1) is 7.17. The van der Waals surface area contributed by atoms with Gasteiger partial charge in [0.1, 0.15) is 17.9 Å². The molecule has 0 saturated heterocycles. The van der Waals surface area contributed by atoms with Crippen molar-refractivity contribution in [1.29, 1.82) is 5.26 Å². The van der Waals surface area contributed by atoms with Crippen molar-refractivity contribution < 1.29 is 9.47 Å². The van der Waals surface area contributed by atoms with Gasteiger partial charge in [0.25, 0.3) is 0 Å². The zero-order valence-corrected chi connectivity index (χ0v) is 9.28. The predicted molar refractivity (Wildman–Crippen MR) is 57.9 cm³/mol. The maximum atomic E-state index is 8.89. The second-order valence-electron chi connectivity index (χ2n) is 3.50. The minimum absolute atomic E-state index is 0.0519. The number of hydrogen-bond acceptors (Lipinski definition) is 3. The van der Waals surface area contributed by atoms with Gasteiger partial charge in [0.2, 0.25) is 0 Å². The second-order valence-corrected chi connectivity index (χ2v) is 3.50. The van der Waals surface area contributed by atoms with Crippen LogP contribution in [-0.4, -0.2) is 19.8 Å². The standard InChI is InChI=1S/C12H15NO2/c1-9-4-5-11(7-13)12(6-9)15-10(2)8-14-3/h4-6,10H,8H2,1-3H3. The molecular weight excluding hydrogens is 190 g/mol. The van der Waals surface area contributed by atoms with E-state index in [1.165, 1.54) is 0 Å². The average molecular weight is 205 g/mol. The summed E-state index contributed by atoms with van der Waals surface area (Å²) >= 11 is 0. The van der Waals surface area contributed by atoms with E-state index in [2.05, 4.69) is 6.07 Å². The molecule has 1 aromatic carbocycles. The highest BCUT2D eigenvalue weighted by molar-refractivity contribution is 5.45. The normalized spacial score (nSPS) is 11.9. The molecule has 0 N–H and O–H groups in total. The summed E-state index contributed by atoms with van der Waals surface area (Å²) in [7, 11) is 1.63. The lowest BCUT2D eigenvalue weighted by atomic mass is 10.1. The van der Waals surface area contributed by atoms with Gasteiger partial charge in [-0.05, 0) is 31.5 Å². The molecule has 0 saturated carbocycles. The van der Waals surface area contributed by atoms with Crippen LogP contribution in [0.2, 0.25) is 0 Å². The molecule has 0 spiro atoms. The van der Waals surface area contributed by atoms with Crippen molar-refractivity contribution in [1.82, 2.24) is 0 Å². The molecule has 0 aliphatic heterocycles. The summed E-state index contributed by atoms with van der Waals surface area (Å²) in [6.07, 6.45) is -0.0519. The molecule has 0 radical (unpaired) electrons. The highest BCUT2D eigenvalue weighted by Crippen LogP contribution is 2.20. The summed E-state index contributed by atoms with van der Waals surface area (Å²) in [4.78, 5) is 0. The SMILES string of the molecule is COCC(C)Oc1cc(C)ccc1C#N. The Morgan fingerprint density at radius 3 is 2.80 bits per heavy atom. The molecule has 0 aliphatic rings. The van der Waals surface area contributed by atoms with Gasteiger partial charge < -0.3 is 9.47 Å². The minimum Gasteiger partial charge on any atom is -0.487 e. The molecule has 0 aromatic heterocycles. The van der Waals surface area contributed by atoms with Crippen LogP contribution in [0, 0.1) is 18.3 Å². The van der Waals surface area contributed by atoms with Crippen molar-refractivity contribution in [3.63, 3.8) is 0 Å². The van der Waals surface area contributed by atoms with E-state index >= 15 is 0 Å². The first-order valence-electron chi connectivity index (χ1n) is 4.83. The lowest BCUT2D eigenvalue weighted by Gasteiger charge is -2.15. The summed E-state index contributed by atoms with van der Waals surface area (Å²) < 4.78 is 10.6. The zero-order valence-electron chi connectivity index (χ0n) is 9.28. The van der Waals surface area contributed by atoms with Crippen LogP contribution in [0.15, 0.2) is 18.2 Å². The van der Waals surface area contributed by atoms with Crippen molar-refractivity contribution in [2.45, 2.75) is 20.0 Å². The molecule has 0 heterocycles. The quantitative estimate of drug-likeness (QED) is 0.757. The Kier molecular flexibility index (Phi) is 4.14. The zero-order chi connectivity index (χ0) is 11.3. The van der Waals surface area contributed by atoms with Crippen LogP contribution in [0.5, 0.6) is 5.75 Å². The van der Waals surface area contributed by atoms with Gasteiger partial charge in [-0.2, -0.15) is 5.26 Å². The Hall–Kier alpha value is -1.53. The maximum absolute atomic E-state index is 8.89. The van der Waals surface area contributed by atoms with E-state index in [4.69, 9.17) is 14.7 Å². The summed E-state index contributed by atoms with van der Waals surface area (Å²) in [6, 6.07) is 7.63. The van der Waals surface area contributed by atoms with E-state index in [9.17, 15) is 0 Å². The second kappa shape index (κ2) is 5.38. The Morgan fingerprint density at radius 1 is 1.47 bits per heavy atom. The van der Waals surface area contributed by atoms with Crippen LogP contribution in [0.25, 0.3) is 0 Å². The van der Waals surface area contributed by atoms with Crippen molar-refractivity contribution >= 4 is 0 Å². The molecule has 80 valence electrons. The van der Waals surface area contributed by atoms with Crippen LogP contribution in [0.4, 0.5) is 0 Å². The number of rotatable bonds is 4. The fourth-order valence-electron chi connectivity index (χ4n) is 1.30. The van der Waals surface area contributed by atoms with Gasteiger partial charge in [0, 0.05) is 7.11 Å². The van der Waals surface area contributed by atoms with Crippen molar-refractivity contribution in [3.05, 3.63) is 29.3 Å². The van der Waals surface area contributed by atoms with Crippen LogP contribution in [-0.2, 0) is 4.74 Å². The van der Waals surface area contributed by atoms with E-state index in [-0.39, 0.29) is 6.10 Å². The first-order valence-corrected chi connectivity index (χ1v) is 4.83. The van der Waals surface area contributed by atoms with Gasteiger partial charge in [0.15, 0.2) is 0 Å². The fourth-order valence-corrected chi connectivity index (χ4v) is 1.30. The van der Waals surface area contributed by atoms with Crippen molar-refractivity contribution in [2.24, 2.45) is 0 Å². The third-order valence-corrected chi connectivity index (χ3v) is 1.99. The van der Waals surface area contributed by atoms with E-state index < -0.39 is 0 Å². The monoisotopic (exact) mass is 205 g/mol. The number of nitrogens with zero attached hydrogens (tertiary/aromatic N) is 1. The van der Waals surface area contributed by atoms with Gasteiger partial charge in [-0.25, -0.2) is 0 Å². The lowest BCUT2D eigenvalue weighted by molar-refractivity contribution is 0.0918. The molecular formula is C12H15NO2. The Balaban J connectivity index is 2.83. The van der Waals surface area contributed by atoms with E-state index in [0.29, 0.717) is 17.9 Å². The number of aryl methyl sites for hydroxylation is 1. The van der Waals surface area contributed by atoms with Gasteiger partial charge in [-0.3, -0.25) is 0 Å². The fraction of sp³-hybridized carbons (Fsp3) is 0.417. The third-order valence-electron chi connectivity index (χ3n) is 1.99. The molecule has 1 rings (SSSR count). The Morgan fingerprint density at radius 2 is 2.20 bits per heavy atom. The number of nitriles is 1. The highest BCUT2D eigenvalue weighted by Gasteiger charge is 2.08. The van der Waals surface area contributed by atoms with E-state index in [0.717, 1.165) is 5.56 Å².